The lowest BCUT2D eigenvalue weighted by molar-refractivity contribution is 0.412. The van der Waals surface area contributed by atoms with E-state index in [1.807, 2.05) is 61.7 Å². The number of nitrogens with zero attached hydrogens (tertiary/aromatic N) is 4. The zero-order valence-electron chi connectivity index (χ0n) is 13.2. The molecule has 112 valence electrons. The molecule has 0 bridgehead atoms. The third-order valence-electron chi connectivity index (χ3n) is 3.59. The maximum atomic E-state index is 5.52. The second kappa shape index (κ2) is 5.60. The van der Waals surface area contributed by atoms with Crippen molar-refractivity contribution in [3.8, 4) is 23.0 Å². The fourth-order valence-corrected chi connectivity index (χ4v) is 2.55. The number of methoxy groups -OCH3 is 1. The van der Waals surface area contributed by atoms with Crippen LogP contribution < -0.4 is 4.74 Å². The molecule has 0 saturated carbocycles. The lowest BCUT2D eigenvalue weighted by atomic mass is 10.1. The van der Waals surface area contributed by atoms with E-state index >= 15 is 0 Å². The maximum absolute atomic E-state index is 5.52. The van der Waals surface area contributed by atoms with E-state index in [1.54, 1.807) is 7.11 Å². The summed E-state index contributed by atoms with van der Waals surface area (Å²) in [6.07, 6.45) is 0. The van der Waals surface area contributed by atoms with Crippen molar-refractivity contribution in [2.45, 2.75) is 20.8 Å². The quantitative estimate of drug-likeness (QED) is 0.744. The summed E-state index contributed by atoms with van der Waals surface area (Å²) in [5.41, 5.74) is 3.79. The minimum absolute atomic E-state index is 0.716. The Hall–Kier alpha value is -2.69. The third-order valence-corrected chi connectivity index (χ3v) is 3.59. The van der Waals surface area contributed by atoms with Crippen LogP contribution in [0.25, 0.3) is 17.2 Å². The number of aryl methyl sites for hydroxylation is 3. The van der Waals surface area contributed by atoms with Crippen LogP contribution >= 0.6 is 0 Å². The Balaban J connectivity index is 2.28. The summed E-state index contributed by atoms with van der Waals surface area (Å²) in [6, 6.07) is 11.8. The van der Waals surface area contributed by atoms with E-state index in [0.29, 0.717) is 5.82 Å². The van der Waals surface area contributed by atoms with Gasteiger partial charge in [-0.25, -0.2) is 4.98 Å². The highest BCUT2D eigenvalue weighted by atomic mass is 16.5. The first-order valence-corrected chi connectivity index (χ1v) is 7.12. The van der Waals surface area contributed by atoms with E-state index in [9.17, 15) is 0 Å². The van der Waals surface area contributed by atoms with Crippen LogP contribution in [0.5, 0.6) is 5.75 Å². The molecule has 5 heteroatoms. The predicted molar refractivity (Wildman–Crippen MR) is 85.4 cm³/mol. The van der Waals surface area contributed by atoms with E-state index < -0.39 is 0 Å². The fourth-order valence-electron chi connectivity index (χ4n) is 2.55. The van der Waals surface area contributed by atoms with E-state index in [-0.39, 0.29) is 0 Å². The van der Waals surface area contributed by atoms with Crippen LogP contribution in [0, 0.1) is 20.8 Å². The van der Waals surface area contributed by atoms with Crippen LogP contribution in [0.2, 0.25) is 0 Å². The molecule has 0 aliphatic heterocycles. The summed E-state index contributed by atoms with van der Waals surface area (Å²) in [6.45, 7) is 5.94. The normalized spacial score (nSPS) is 10.7. The minimum atomic E-state index is 0.716. The zero-order chi connectivity index (χ0) is 15.7. The molecule has 0 saturated heterocycles. The van der Waals surface area contributed by atoms with Gasteiger partial charge in [0.05, 0.1) is 12.8 Å². The molecule has 0 aliphatic carbocycles. The molecule has 0 amide bonds. The van der Waals surface area contributed by atoms with Crippen molar-refractivity contribution in [3.05, 3.63) is 53.5 Å². The van der Waals surface area contributed by atoms with Gasteiger partial charge >= 0.3 is 0 Å². The molecule has 2 aromatic heterocycles. The number of rotatable bonds is 3. The van der Waals surface area contributed by atoms with Crippen molar-refractivity contribution in [2.75, 3.05) is 7.11 Å². The van der Waals surface area contributed by atoms with Crippen molar-refractivity contribution in [3.63, 3.8) is 0 Å². The highest BCUT2D eigenvalue weighted by molar-refractivity contribution is 5.60. The van der Waals surface area contributed by atoms with Crippen molar-refractivity contribution < 1.29 is 4.74 Å². The van der Waals surface area contributed by atoms with Gasteiger partial charge in [-0.05, 0) is 44.5 Å². The number of ether oxygens (including phenoxy) is 1. The van der Waals surface area contributed by atoms with Crippen molar-refractivity contribution in [1.82, 2.24) is 19.7 Å². The molecule has 3 aromatic rings. The van der Waals surface area contributed by atoms with Crippen molar-refractivity contribution >= 4 is 0 Å². The highest BCUT2D eigenvalue weighted by Gasteiger charge is 2.18. The molecule has 1 aromatic carbocycles. The van der Waals surface area contributed by atoms with Crippen LogP contribution in [0.15, 0.2) is 36.4 Å². The highest BCUT2D eigenvalue weighted by Crippen LogP contribution is 2.30. The second-order valence-corrected chi connectivity index (χ2v) is 5.20. The number of hydrogen-bond donors (Lipinski definition) is 0. The second-order valence-electron chi connectivity index (χ2n) is 5.20. The average molecular weight is 294 g/mol. The molecule has 0 radical (unpaired) electrons. The molecule has 0 spiro atoms. The summed E-state index contributed by atoms with van der Waals surface area (Å²) in [4.78, 5) is 4.56. The monoisotopic (exact) mass is 294 g/mol. The largest absolute Gasteiger partial charge is 0.495 e. The molecule has 22 heavy (non-hydrogen) atoms. The lowest BCUT2D eigenvalue weighted by Gasteiger charge is -2.15. The number of benzene rings is 1. The van der Waals surface area contributed by atoms with Crippen LogP contribution in [0.3, 0.4) is 0 Å². The summed E-state index contributed by atoms with van der Waals surface area (Å²) in [5, 5.41) is 8.55. The van der Waals surface area contributed by atoms with Crippen LogP contribution in [0.1, 0.15) is 17.1 Å². The van der Waals surface area contributed by atoms with E-state index in [0.717, 1.165) is 34.2 Å². The van der Waals surface area contributed by atoms with Gasteiger partial charge in [0.2, 0.25) is 0 Å². The predicted octanol–water partition coefficient (Wildman–Crippen LogP) is 3.26. The molecule has 0 unspecified atom stereocenters. The van der Waals surface area contributed by atoms with Gasteiger partial charge in [0.15, 0.2) is 5.82 Å². The Morgan fingerprint density at radius 2 is 1.73 bits per heavy atom. The Labute approximate surface area is 129 Å². The van der Waals surface area contributed by atoms with Gasteiger partial charge in [-0.3, -0.25) is 4.57 Å². The summed E-state index contributed by atoms with van der Waals surface area (Å²) >= 11 is 0. The number of aromatic nitrogens is 4. The summed E-state index contributed by atoms with van der Waals surface area (Å²) in [7, 11) is 1.67. The Bertz CT molecular complexity index is 823. The molecule has 0 fully saturated rings. The van der Waals surface area contributed by atoms with Crippen molar-refractivity contribution in [1.29, 1.82) is 0 Å². The molecule has 0 atom stereocenters. The first-order chi connectivity index (χ1) is 10.6. The molecule has 3 rings (SSSR count). The standard InChI is InChI=1S/C17H18N4O/c1-11-7-5-10-15(22-4)16(11)21-13(3)19-20-17(21)14-9-6-8-12(2)18-14/h5-10H,1-4H3. The third kappa shape index (κ3) is 2.35. The SMILES string of the molecule is COc1cccc(C)c1-n1c(C)nnc1-c1cccc(C)n1. The lowest BCUT2D eigenvalue weighted by Crippen LogP contribution is -2.05. The van der Waals surface area contributed by atoms with Gasteiger partial charge in [-0.2, -0.15) is 0 Å². The number of para-hydroxylation sites is 1. The molecule has 5 nitrogen and oxygen atoms in total. The Morgan fingerprint density at radius 3 is 2.45 bits per heavy atom. The zero-order valence-corrected chi connectivity index (χ0v) is 13.2. The van der Waals surface area contributed by atoms with E-state index in [4.69, 9.17) is 4.74 Å². The molecule has 2 heterocycles. The van der Waals surface area contributed by atoms with Gasteiger partial charge in [0, 0.05) is 5.69 Å². The van der Waals surface area contributed by atoms with Crippen molar-refractivity contribution in [2.24, 2.45) is 0 Å². The summed E-state index contributed by atoms with van der Waals surface area (Å²) < 4.78 is 7.52. The Kier molecular flexibility index (Phi) is 3.63. The molecular formula is C17H18N4O. The Morgan fingerprint density at radius 1 is 0.955 bits per heavy atom. The van der Waals surface area contributed by atoms with E-state index in [1.165, 1.54) is 0 Å². The van der Waals surface area contributed by atoms with E-state index in [2.05, 4.69) is 15.2 Å². The summed E-state index contributed by atoms with van der Waals surface area (Å²) in [5.74, 6) is 2.30. The first kappa shape index (κ1) is 14.3. The minimum Gasteiger partial charge on any atom is -0.495 e. The average Bonchev–Trinajstić information content (AvgIpc) is 2.88. The van der Waals surface area contributed by atoms with Gasteiger partial charge < -0.3 is 4.74 Å². The number of hydrogen-bond acceptors (Lipinski definition) is 4. The fraction of sp³-hybridized carbons (Fsp3) is 0.235. The maximum Gasteiger partial charge on any atom is 0.187 e. The molecule has 0 N–H and O–H groups in total. The van der Waals surface area contributed by atoms with Gasteiger partial charge in [0.1, 0.15) is 17.3 Å². The molecular weight excluding hydrogens is 276 g/mol. The van der Waals surface area contributed by atoms with Gasteiger partial charge in [-0.1, -0.05) is 18.2 Å². The van der Waals surface area contributed by atoms with Crippen LogP contribution in [-0.4, -0.2) is 26.9 Å². The first-order valence-electron chi connectivity index (χ1n) is 7.12. The van der Waals surface area contributed by atoms with Gasteiger partial charge in [0.25, 0.3) is 0 Å². The van der Waals surface area contributed by atoms with Crippen LogP contribution in [0.4, 0.5) is 0 Å². The smallest absolute Gasteiger partial charge is 0.187 e. The van der Waals surface area contributed by atoms with Gasteiger partial charge in [-0.15, -0.1) is 10.2 Å². The number of pyridine rings is 1. The topological polar surface area (TPSA) is 52.8 Å². The molecule has 0 aliphatic rings. The van der Waals surface area contributed by atoms with Crippen LogP contribution in [-0.2, 0) is 0 Å².